The quantitative estimate of drug-likeness (QED) is 0.524. The lowest BCUT2D eigenvalue weighted by molar-refractivity contribution is -0.193. The monoisotopic (exact) mass is 567 g/mol. The summed E-state index contributed by atoms with van der Waals surface area (Å²) < 4.78 is 69.3. The van der Waals surface area contributed by atoms with Gasteiger partial charge in [-0.15, -0.1) is 0 Å². The van der Waals surface area contributed by atoms with Gasteiger partial charge < -0.3 is 19.5 Å². The normalized spacial score (nSPS) is 19.4. The van der Waals surface area contributed by atoms with Crippen LogP contribution in [0, 0.1) is 13.8 Å². The van der Waals surface area contributed by atoms with Crippen LogP contribution in [-0.4, -0.2) is 73.8 Å². The number of aryl methyl sites for hydroxylation is 2. The molecule has 0 radical (unpaired) electrons. The van der Waals surface area contributed by atoms with Crippen LogP contribution in [-0.2, 0) is 27.5 Å². The van der Waals surface area contributed by atoms with Crippen molar-refractivity contribution in [3.05, 3.63) is 53.2 Å². The summed E-state index contributed by atoms with van der Waals surface area (Å²) in [5.41, 5.74) is 2.31. The summed E-state index contributed by atoms with van der Waals surface area (Å²) in [4.78, 5) is 39.1. The first-order valence-corrected chi connectivity index (χ1v) is 11.6. The van der Waals surface area contributed by atoms with Crippen LogP contribution in [0.5, 0.6) is 0 Å². The molecule has 2 saturated heterocycles. The molecule has 0 aromatic carbocycles. The van der Waals surface area contributed by atoms with Crippen LogP contribution in [0.25, 0.3) is 0 Å². The van der Waals surface area contributed by atoms with E-state index >= 15 is 0 Å². The SMILES string of the molecule is Cc1cc(CN2CC[C@H]3[C@@H]2CCC(=O)N3Cc2cccnc2)oc1C.O=C(O)C(F)(F)F.O=C(O)C(F)(F)F. The average Bonchev–Trinajstić information content (AvgIpc) is 3.38. The number of aromatic nitrogens is 1. The number of rotatable bonds is 4. The van der Waals surface area contributed by atoms with Gasteiger partial charge in [0.15, 0.2) is 0 Å². The predicted octanol–water partition coefficient (Wildman–Crippen LogP) is 4.32. The Balaban J connectivity index is 0.000000317. The molecule has 2 aromatic heterocycles. The Hall–Kier alpha value is -3.62. The van der Waals surface area contributed by atoms with Crippen molar-refractivity contribution in [2.75, 3.05) is 6.54 Å². The van der Waals surface area contributed by atoms with Gasteiger partial charge in [-0.3, -0.25) is 14.7 Å². The zero-order valence-corrected chi connectivity index (χ0v) is 20.9. The topological polar surface area (TPSA) is 124 Å². The number of hydrogen-bond donors (Lipinski definition) is 2. The first-order valence-electron chi connectivity index (χ1n) is 11.6. The van der Waals surface area contributed by atoms with Crippen LogP contribution in [0.15, 0.2) is 35.0 Å². The number of halogens is 6. The number of pyridine rings is 1. The standard InChI is InChI=1S/C20H25N3O2.2C2HF3O2/c1-14-10-17(25-15(14)2)13-22-9-7-19-18(22)5-6-20(24)23(19)12-16-4-3-8-21-11-16;2*3-2(4,5)1(6)7/h3-4,8,10-11,18-19H,5-7,9,12-13H2,1-2H3;2*(H,6,7)/t18-,19-;;/m0../s1. The number of carbonyl (C=O) groups excluding carboxylic acids is 1. The number of fused-ring (bicyclic) bond motifs is 1. The van der Waals surface area contributed by atoms with Crippen LogP contribution >= 0.6 is 0 Å². The van der Waals surface area contributed by atoms with Gasteiger partial charge in [-0.05, 0) is 49.9 Å². The van der Waals surface area contributed by atoms with Gasteiger partial charge in [0.1, 0.15) is 11.5 Å². The lowest BCUT2D eigenvalue weighted by Crippen LogP contribution is -2.51. The summed E-state index contributed by atoms with van der Waals surface area (Å²) in [6.07, 6.45) is -3.91. The highest BCUT2D eigenvalue weighted by atomic mass is 19.4. The Bertz CT molecular complexity index is 1090. The van der Waals surface area contributed by atoms with E-state index < -0.39 is 24.3 Å². The summed E-state index contributed by atoms with van der Waals surface area (Å²) in [5, 5.41) is 14.2. The van der Waals surface area contributed by atoms with Crippen LogP contribution in [0.3, 0.4) is 0 Å². The Labute approximate surface area is 219 Å². The van der Waals surface area contributed by atoms with Crippen molar-refractivity contribution < 1.29 is 55.4 Å². The molecule has 4 heterocycles. The molecule has 4 rings (SSSR count). The highest BCUT2D eigenvalue weighted by molar-refractivity contribution is 5.77. The number of alkyl halides is 6. The van der Waals surface area contributed by atoms with Gasteiger partial charge in [-0.25, -0.2) is 9.59 Å². The zero-order chi connectivity index (χ0) is 29.5. The van der Waals surface area contributed by atoms with Gasteiger partial charge in [0.25, 0.3) is 0 Å². The smallest absolute Gasteiger partial charge is 0.475 e. The number of carboxylic acid groups (broad SMARTS) is 2. The zero-order valence-electron chi connectivity index (χ0n) is 20.9. The maximum atomic E-state index is 12.5. The summed E-state index contributed by atoms with van der Waals surface area (Å²) in [6, 6.07) is 6.86. The predicted molar refractivity (Wildman–Crippen MR) is 122 cm³/mol. The third-order valence-electron chi connectivity index (χ3n) is 6.14. The minimum atomic E-state index is -5.08. The van der Waals surface area contributed by atoms with E-state index in [0.29, 0.717) is 25.0 Å². The number of nitrogens with zero attached hydrogens (tertiary/aromatic N) is 3. The molecule has 2 aromatic rings. The number of aliphatic carboxylic acids is 2. The van der Waals surface area contributed by atoms with E-state index in [1.807, 2.05) is 25.3 Å². The molecule has 0 aliphatic carbocycles. The molecule has 0 spiro atoms. The van der Waals surface area contributed by atoms with Gasteiger partial charge in [0, 0.05) is 44.0 Å². The summed E-state index contributed by atoms with van der Waals surface area (Å²) in [5.74, 6) is -3.20. The fraction of sp³-hybridized carbons (Fsp3) is 0.500. The van der Waals surface area contributed by atoms with E-state index in [4.69, 9.17) is 24.2 Å². The average molecular weight is 567 g/mol. The Morgan fingerprint density at radius 2 is 1.62 bits per heavy atom. The molecule has 0 saturated carbocycles. The summed E-state index contributed by atoms with van der Waals surface area (Å²) in [7, 11) is 0. The van der Waals surface area contributed by atoms with E-state index in [-0.39, 0.29) is 5.91 Å². The number of hydrogen-bond acceptors (Lipinski definition) is 6. The van der Waals surface area contributed by atoms with Gasteiger partial charge in [0.2, 0.25) is 5.91 Å². The molecule has 216 valence electrons. The van der Waals surface area contributed by atoms with E-state index in [9.17, 15) is 31.1 Å². The molecule has 0 unspecified atom stereocenters. The van der Waals surface area contributed by atoms with Crippen LogP contribution in [0.1, 0.15) is 41.9 Å². The van der Waals surface area contributed by atoms with Crippen molar-refractivity contribution in [3.63, 3.8) is 0 Å². The van der Waals surface area contributed by atoms with Gasteiger partial charge >= 0.3 is 24.3 Å². The lowest BCUT2D eigenvalue weighted by Gasteiger charge is -2.39. The third-order valence-corrected chi connectivity index (χ3v) is 6.14. The number of carbonyl (C=O) groups is 3. The van der Waals surface area contributed by atoms with Crippen molar-refractivity contribution in [2.45, 2.75) is 70.6 Å². The highest BCUT2D eigenvalue weighted by Gasteiger charge is 2.43. The molecule has 2 fully saturated rings. The van der Waals surface area contributed by atoms with Crippen LogP contribution in [0.4, 0.5) is 26.3 Å². The second-order valence-corrected chi connectivity index (χ2v) is 8.87. The van der Waals surface area contributed by atoms with Crippen LogP contribution < -0.4 is 0 Å². The molecule has 2 aliphatic rings. The first kappa shape index (κ1) is 31.6. The maximum Gasteiger partial charge on any atom is 0.490 e. The minimum Gasteiger partial charge on any atom is -0.475 e. The minimum absolute atomic E-state index is 0.275. The fourth-order valence-electron chi connectivity index (χ4n) is 4.26. The highest BCUT2D eigenvalue weighted by Crippen LogP contribution is 2.33. The Morgan fingerprint density at radius 1 is 1.03 bits per heavy atom. The van der Waals surface area contributed by atoms with Crippen molar-refractivity contribution >= 4 is 17.8 Å². The molecule has 1 amide bonds. The molecule has 2 aliphatic heterocycles. The van der Waals surface area contributed by atoms with Crippen molar-refractivity contribution in [2.24, 2.45) is 0 Å². The largest absolute Gasteiger partial charge is 0.490 e. The molecule has 15 heteroatoms. The van der Waals surface area contributed by atoms with Crippen molar-refractivity contribution in [1.29, 1.82) is 0 Å². The molecule has 39 heavy (non-hydrogen) atoms. The first-order chi connectivity index (χ1) is 18.0. The van der Waals surface area contributed by atoms with Crippen molar-refractivity contribution in [1.82, 2.24) is 14.8 Å². The van der Waals surface area contributed by atoms with E-state index in [2.05, 4.69) is 27.8 Å². The maximum absolute atomic E-state index is 12.5. The lowest BCUT2D eigenvalue weighted by atomic mass is 9.95. The summed E-state index contributed by atoms with van der Waals surface area (Å²) in [6.45, 7) is 6.63. The molecular weight excluding hydrogens is 540 g/mol. The third kappa shape index (κ3) is 9.26. The molecule has 2 N–H and O–H groups in total. The second-order valence-electron chi connectivity index (χ2n) is 8.87. The van der Waals surface area contributed by atoms with E-state index in [1.165, 1.54) is 5.56 Å². The number of carboxylic acids is 2. The molecular formula is C24H27F6N3O6. The number of likely N-dealkylation sites (tertiary alicyclic amines) is 2. The van der Waals surface area contributed by atoms with Gasteiger partial charge in [-0.2, -0.15) is 26.3 Å². The molecule has 9 nitrogen and oxygen atoms in total. The second kappa shape index (κ2) is 13.0. The van der Waals surface area contributed by atoms with Gasteiger partial charge in [-0.1, -0.05) is 6.07 Å². The van der Waals surface area contributed by atoms with Gasteiger partial charge in [0.05, 0.1) is 6.54 Å². The number of piperidine rings is 1. The Morgan fingerprint density at radius 3 is 2.08 bits per heavy atom. The number of furan rings is 1. The molecule has 0 bridgehead atoms. The number of amides is 1. The Kier molecular flexibility index (Phi) is 10.5. The summed E-state index contributed by atoms with van der Waals surface area (Å²) >= 11 is 0. The fourth-order valence-corrected chi connectivity index (χ4v) is 4.26. The van der Waals surface area contributed by atoms with Crippen molar-refractivity contribution in [3.8, 4) is 0 Å². The molecule has 2 atom stereocenters. The van der Waals surface area contributed by atoms with E-state index in [1.54, 1.807) is 6.20 Å². The van der Waals surface area contributed by atoms with Crippen LogP contribution in [0.2, 0.25) is 0 Å². The van der Waals surface area contributed by atoms with E-state index in [0.717, 1.165) is 43.0 Å².